The Balaban J connectivity index is 1.41. The Morgan fingerprint density at radius 1 is 1.26 bits per heavy atom. The molecule has 4 N–H and O–H groups in total. The number of likely N-dealkylation sites (tertiary alicyclic amines) is 1. The fourth-order valence-electron chi connectivity index (χ4n) is 4.15. The summed E-state index contributed by atoms with van der Waals surface area (Å²) < 4.78 is 11.8. The molecule has 4 aliphatic rings. The number of ether oxygens (including phenoxy) is 2. The molecule has 5 atom stereocenters. The molecular weight excluding hydrogens is 298 g/mol. The summed E-state index contributed by atoms with van der Waals surface area (Å²) in [5, 5.41) is 14.4. The van der Waals surface area contributed by atoms with Crippen LogP contribution in [0.5, 0.6) is 0 Å². The van der Waals surface area contributed by atoms with Gasteiger partial charge in [-0.05, 0) is 51.2 Å². The van der Waals surface area contributed by atoms with Gasteiger partial charge in [0.1, 0.15) is 6.10 Å². The van der Waals surface area contributed by atoms with Crippen molar-refractivity contribution in [2.24, 2.45) is 17.6 Å². The third kappa shape index (κ3) is 3.13. The second-order valence-corrected chi connectivity index (χ2v) is 7.45. The van der Waals surface area contributed by atoms with Crippen LogP contribution in [0.3, 0.4) is 0 Å². The first kappa shape index (κ1) is 15.8. The van der Waals surface area contributed by atoms with Crippen LogP contribution in [0, 0.1) is 11.8 Å². The van der Waals surface area contributed by atoms with E-state index in [-0.39, 0.29) is 36.3 Å². The largest absolute Gasteiger partial charge is 0.390 e. The molecule has 5 unspecified atom stereocenters. The third-order valence-electron chi connectivity index (χ3n) is 5.82. The van der Waals surface area contributed by atoms with Crippen LogP contribution in [0.1, 0.15) is 25.7 Å². The van der Waals surface area contributed by atoms with Gasteiger partial charge < -0.3 is 25.6 Å². The number of nitrogens with zero attached hydrogens (tertiary/aromatic N) is 1. The SMILES string of the molecule is NC(=O)C1CCN(C2C3OCC(O3)C(NCC3CC3)C2O)CC1. The summed E-state index contributed by atoms with van der Waals surface area (Å²) in [7, 11) is 0. The predicted molar refractivity (Wildman–Crippen MR) is 82.4 cm³/mol. The van der Waals surface area contributed by atoms with Gasteiger partial charge in [-0.25, -0.2) is 0 Å². The first-order valence-electron chi connectivity index (χ1n) is 8.85. The molecule has 0 spiro atoms. The number of rotatable bonds is 5. The normalized spacial score (nSPS) is 42.0. The van der Waals surface area contributed by atoms with Crippen molar-refractivity contribution >= 4 is 5.91 Å². The van der Waals surface area contributed by atoms with Crippen molar-refractivity contribution < 1.29 is 19.4 Å². The van der Waals surface area contributed by atoms with Crippen molar-refractivity contribution in [3.8, 4) is 0 Å². The number of aliphatic hydroxyl groups excluding tert-OH is 1. The number of fused-ring (bicyclic) bond motifs is 2. The molecule has 4 fully saturated rings. The molecule has 1 aliphatic carbocycles. The lowest BCUT2D eigenvalue weighted by molar-refractivity contribution is -0.185. The molecule has 3 heterocycles. The summed E-state index contributed by atoms with van der Waals surface area (Å²) in [5.74, 6) is 0.493. The highest BCUT2D eigenvalue weighted by molar-refractivity contribution is 5.76. The Bertz CT molecular complexity index is 451. The smallest absolute Gasteiger partial charge is 0.220 e. The molecule has 0 aromatic rings. The lowest BCUT2D eigenvalue weighted by Gasteiger charge is -2.46. The van der Waals surface area contributed by atoms with Crippen molar-refractivity contribution in [3.05, 3.63) is 0 Å². The van der Waals surface area contributed by atoms with Crippen LogP contribution < -0.4 is 11.1 Å². The quantitative estimate of drug-likeness (QED) is 0.602. The van der Waals surface area contributed by atoms with E-state index in [2.05, 4.69) is 10.2 Å². The number of aliphatic hydroxyl groups is 1. The Kier molecular flexibility index (Phi) is 4.32. The monoisotopic (exact) mass is 325 g/mol. The number of piperidine rings is 1. The van der Waals surface area contributed by atoms with Crippen LogP contribution in [0.2, 0.25) is 0 Å². The van der Waals surface area contributed by atoms with Gasteiger partial charge >= 0.3 is 0 Å². The topological polar surface area (TPSA) is 97.1 Å². The zero-order valence-corrected chi connectivity index (χ0v) is 13.4. The summed E-state index contributed by atoms with van der Waals surface area (Å²) in [6.45, 7) is 2.98. The van der Waals surface area contributed by atoms with Gasteiger partial charge in [-0.2, -0.15) is 0 Å². The lowest BCUT2D eigenvalue weighted by atomic mass is 9.90. The van der Waals surface area contributed by atoms with Crippen LogP contribution in [-0.2, 0) is 14.3 Å². The molecule has 0 aromatic heterocycles. The van der Waals surface area contributed by atoms with Gasteiger partial charge in [0.05, 0.1) is 24.8 Å². The number of hydrogen-bond donors (Lipinski definition) is 3. The van der Waals surface area contributed by atoms with E-state index in [0.29, 0.717) is 6.61 Å². The standard InChI is InChI=1S/C16H27N3O4/c17-15(21)10-3-5-19(6-4-10)13-14(20)12(18-7-9-1-2-9)11-8-22-16(13)23-11/h9-14,16,18,20H,1-8H2,(H2,17,21). The van der Waals surface area contributed by atoms with Crippen molar-refractivity contribution in [2.45, 2.75) is 56.3 Å². The number of hydrogen-bond acceptors (Lipinski definition) is 6. The Labute approximate surface area is 136 Å². The molecule has 23 heavy (non-hydrogen) atoms. The average Bonchev–Trinajstić information content (AvgIpc) is 3.27. The number of carbonyl (C=O) groups is 1. The van der Waals surface area contributed by atoms with Gasteiger partial charge in [-0.3, -0.25) is 9.69 Å². The van der Waals surface area contributed by atoms with Crippen LogP contribution in [0.4, 0.5) is 0 Å². The molecule has 4 rings (SSSR count). The summed E-state index contributed by atoms with van der Waals surface area (Å²) >= 11 is 0. The minimum Gasteiger partial charge on any atom is -0.390 e. The van der Waals surface area contributed by atoms with Gasteiger partial charge in [0, 0.05) is 5.92 Å². The highest BCUT2D eigenvalue weighted by Crippen LogP contribution is 2.34. The van der Waals surface area contributed by atoms with E-state index in [4.69, 9.17) is 15.2 Å². The molecule has 7 nitrogen and oxygen atoms in total. The van der Waals surface area contributed by atoms with Gasteiger partial charge in [0.25, 0.3) is 0 Å². The molecule has 1 amide bonds. The van der Waals surface area contributed by atoms with Crippen molar-refractivity contribution in [3.63, 3.8) is 0 Å². The Morgan fingerprint density at radius 2 is 2.00 bits per heavy atom. The fourth-order valence-corrected chi connectivity index (χ4v) is 4.15. The number of primary amides is 1. The molecule has 7 heteroatoms. The predicted octanol–water partition coefficient (Wildman–Crippen LogP) is -0.963. The van der Waals surface area contributed by atoms with E-state index in [9.17, 15) is 9.90 Å². The highest BCUT2D eigenvalue weighted by Gasteiger charge is 2.52. The number of carbonyl (C=O) groups excluding carboxylic acids is 1. The van der Waals surface area contributed by atoms with Crippen molar-refractivity contribution in [1.82, 2.24) is 10.2 Å². The number of nitrogens with two attached hydrogens (primary N) is 1. The highest BCUT2D eigenvalue weighted by atomic mass is 16.7. The molecule has 1 saturated carbocycles. The molecule has 0 radical (unpaired) electrons. The maximum atomic E-state index is 11.3. The van der Waals surface area contributed by atoms with Gasteiger partial charge in [-0.1, -0.05) is 0 Å². The van der Waals surface area contributed by atoms with E-state index in [0.717, 1.165) is 38.4 Å². The van der Waals surface area contributed by atoms with Gasteiger partial charge in [0.2, 0.25) is 5.91 Å². The van der Waals surface area contributed by atoms with E-state index in [1.807, 2.05) is 0 Å². The Morgan fingerprint density at radius 3 is 2.65 bits per heavy atom. The maximum absolute atomic E-state index is 11.3. The van der Waals surface area contributed by atoms with E-state index in [1.54, 1.807) is 0 Å². The zero-order chi connectivity index (χ0) is 16.0. The number of amides is 1. The van der Waals surface area contributed by atoms with Crippen LogP contribution >= 0.6 is 0 Å². The first-order chi connectivity index (χ1) is 11.1. The first-order valence-corrected chi connectivity index (χ1v) is 8.85. The fraction of sp³-hybridized carbons (Fsp3) is 0.938. The zero-order valence-electron chi connectivity index (χ0n) is 13.4. The molecule has 0 aromatic carbocycles. The van der Waals surface area contributed by atoms with Gasteiger partial charge in [0.15, 0.2) is 6.29 Å². The Hall–Kier alpha value is -0.730. The second-order valence-electron chi connectivity index (χ2n) is 7.45. The van der Waals surface area contributed by atoms with E-state index >= 15 is 0 Å². The van der Waals surface area contributed by atoms with Crippen LogP contribution in [0.25, 0.3) is 0 Å². The minimum atomic E-state index is -0.509. The van der Waals surface area contributed by atoms with Crippen molar-refractivity contribution in [1.29, 1.82) is 0 Å². The summed E-state index contributed by atoms with van der Waals surface area (Å²) in [6.07, 6.45) is 3.12. The molecule has 3 aliphatic heterocycles. The molecule has 2 bridgehead atoms. The lowest BCUT2D eigenvalue weighted by Crippen LogP contribution is -2.65. The van der Waals surface area contributed by atoms with E-state index in [1.165, 1.54) is 12.8 Å². The molecule has 3 saturated heterocycles. The summed E-state index contributed by atoms with van der Waals surface area (Å²) in [6, 6.07) is -0.243. The maximum Gasteiger partial charge on any atom is 0.220 e. The summed E-state index contributed by atoms with van der Waals surface area (Å²) in [4.78, 5) is 13.5. The minimum absolute atomic E-state index is 0.0473. The molecule has 130 valence electrons. The van der Waals surface area contributed by atoms with Gasteiger partial charge in [-0.15, -0.1) is 0 Å². The van der Waals surface area contributed by atoms with Crippen molar-refractivity contribution in [2.75, 3.05) is 26.2 Å². The van der Waals surface area contributed by atoms with Crippen LogP contribution in [-0.4, -0.2) is 72.7 Å². The average molecular weight is 325 g/mol. The number of nitrogens with one attached hydrogen (secondary N) is 1. The third-order valence-corrected chi connectivity index (χ3v) is 5.82. The molecular formula is C16H27N3O4. The summed E-state index contributed by atoms with van der Waals surface area (Å²) in [5.41, 5.74) is 5.41. The van der Waals surface area contributed by atoms with E-state index < -0.39 is 6.10 Å². The second kappa shape index (κ2) is 6.29. The van der Waals surface area contributed by atoms with Crippen LogP contribution in [0.15, 0.2) is 0 Å².